The Morgan fingerprint density at radius 3 is 2.64 bits per heavy atom. The summed E-state index contributed by atoms with van der Waals surface area (Å²) in [5.41, 5.74) is 3.10. The van der Waals surface area contributed by atoms with E-state index in [2.05, 4.69) is 54.3 Å². The van der Waals surface area contributed by atoms with Crippen molar-refractivity contribution in [1.82, 2.24) is 15.1 Å². The predicted molar refractivity (Wildman–Crippen MR) is 103 cm³/mol. The molecule has 0 fully saturated rings. The van der Waals surface area contributed by atoms with E-state index in [4.69, 9.17) is 12.2 Å². The second kappa shape index (κ2) is 7.05. The summed E-state index contributed by atoms with van der Waals surface area (Å²) in [5, 5.41) is 10.1. The van der Waals surface area contributed by atoms with Crippen LogP contribution in [0.3, 0.4) is 0 Å². The average Bonchev–Trinajstić information content (AvgIpc) is 2.66. The molecule has 0 atom stereocenters. The van der Waals surface area contributed by atoms with Crippen molar-refractivity contribution in [2.75, 3.05) is 5.32 Å². The minimum absolute atomic E-state index is 0.250. The highest BCUT2D eigenvalue weighted by Gasteiger charge is 2.19. The van der Waals surface area contributed by atoms with Crippen LogP contribution in [0.1, 0.15) is 21.7 Å². The van der Waals surface area contributed by atoms with E-state index in [0.29, 0.717) is 10.2 Å². The topological polar surface area (TPSA) is 58.9 Å². The van der Waals surface area contributed by atoms with Crippen molar-refractivity contribution in [3.8, 4) is 0 Å². The van der Waals surface area contributed by atoms with E-state index in [1.807, 2.05) is 32.0 Å². The van der Waals surface area contributed by atoms with Gasteiger partial charge in [-0.15, -0.1) is 0 Å². The number of rotatable bonds is 2. The van der Waals surface area contributed by atoms with Crippen LogP contribution in [-0.2, 0) is 7.05 Å². The lowest BCUT2D eigenvalue weighted by Crippen LogP contribution is -2.35. The van der Waals surface area contributed by atoms with Gasteiger partial charge in [0.05, 0.1) is 10.2 Å². The number of nitrogens with one attached hydrogen (secondary N) is 2. The fourth-order valence-corrected chi connectivity index (χ4v) is 3.33. The van der Waals surface area contributed by atoms with Crippen LogP contribution in [0.2, 0.25) is 0 Å². The van der Waals surface area contributed by atoms with Crippen molar-refractivity contribution in [3.63, 3.8) is 0 Å². The number of aromatic nitrogens is 2. The van der Waals surface area contributed by atoms with Crippen molar-refractivity contribution < 1.29 is 4.79 Å². The molecule has 1 aromatic heterocycles. The van der Waals surface area contributed by atoms with Gasteiger partial charge in [-0.3, -0.25) is 14.8 Å². The number of halogens is 2. The van der Waals surface area contributed by atoms with Crippen molar-refractivity contribution in [2.24, 2.45) is 7.05 Å². The molecule has 0 saturated heterocycles. The molecule has 1 amide bonds. The Hall–Kier alpha value is -1.00. The Morgan fingerprint density at radius 1 is 1.41 bits per heavy atom. The molecule has 116 valence electrons. The monoisotopic (exact) mass is 492 g/mol. The van der Waals surface area contributed by atoms with Gasteiger partial charge in [-0.05, 0) is 88.3 Å². The van der Waals surface area contributed by atoms with Gasteiger partial charge in [0.2, 0.25) is 0 Å². The molecule has 2 rings (SSSR count). The Morgan fingerprint density at radius 2 is 2.09 bits per heavy atom. The summed E-state index contributed by atoms with van der Waals surface area (Å²) in [5.74, 6) is -0.310. The first kappa shape index (κ1) is 17.4. The van der Waals surface area contributed by atoms with Crippen molar-refractivity contribution in [2.45, 2.75) is 13.8 Å². The number of nitrogens with zero attached hydrogens (tertiary/aromatic N) is 2. The molecule has 0 radical (unpaired) electrons. The minimum Gasteiger partial charge on any atom is -0.332 e. The third-order valence-electron chi connectivity index (χ3n) is 3.03. The number of hydrogen-bond acceptors (Lipinski definition) is 3. The van der Waals surface area contributed by atoms with E-state index in [0.717, 1.165) is 20.5 Å². The van der Waals surface area contributed by atoms with Crippen LogP contribution in [0.15, 0.2) is 22.7 Å². The van der Waals surface area contributed by atoms with Gasteiger partial charge < -0.3 is 5.32 Å². The maximum Gasteiger partial charge on any atom is 0.276 e. The quantitative estimate of drug-likeness (QED) is 0.497. The number of anilines is 1. The maximum atomic E-state index is 12.3. The number of hydrogen-bond donors (Lipinski definition) is 2. The standard InChI is InChI=1S/C14H14BrIN4OS/c1-7-6-9(16)4-5-10(7)17-14(22)18-13(21)12-11(15)8(2)19-20(12)3/h4-6H,1-3H3,(H2,17,18,21,22). The number of benzene rings is 1. The number of amides is 1. The molecule has 1 heterocycles. The Labute approximate surface area is 156 Å². The molecule has 1 aromatic carbocycles. The largest absolute Gasteiger partial charge is 0.332 e. The normalized spacial score (nSPS) is 10.4. The van der Waals surface area contributed by atoms with Gasteiger partial charge in [0.1, 0.15) is 5.69 Å². The Bertz CT molecular complexity index is 760. The first-order chi connectivity index (χ1) is 10.3. The molecule has 0 saturated carbocycles. The average molecular weight is 493 g/mol. The first-order valence-electron chi connectivity index (χ1n) is 6.37. The molecule has 0 unspecified atom stereocenters. The summed E-state index contributed by atoms with van der Waals surface area (Å²) in [6.45, 7) is 3.81. The second-order valence-electron chi connectivity index (χ2n) is 4.74. The predicted octanol–water partition coefficient (Wildman–Crippen LogP) is 3.53. The van der Waals surface area contributed by atoms with Crippen LogP contribution in [0.4, 0.5) is 5.69 Å². The van der Waals surface area contributed by atoms with Crippen LogP contribution in [0.5, 0.6) is 0 Å². The van der Waals surface area contributed by atoms with Gasteiger partial charge in [0, 0.05) is 16.3 Å². The number of carbonyl (C=O) groups is 1. The van der Waals surface area contributed by atoms with Gasteiger partial charge in [-0.2, -0.15) is 5.10 Å². The van der Waals surface area contributed by atoms with Gasteiger partial charge in [-0.1, -0.05) is 0 Å². The SMILES string of the molecule is Cc1cc(I)ccc1NC(=S)NC(=O)c1c(Br)c(C)nn1C. The highest BCUT2D eigenvalue weighted by Crippen LogP contribution is 2.20. The summed E-state index contributed by atoms with van der Waals surface area (Å²) in [6, 6.07) is 5.94. The molecule has 2 N–H and O–H groups in total. The summed E-state index contributed by atoms with van der Waals surface area (Å²) in [7, 11) is 1.71. The molecule has 22 heavy (non-hydrogen) atoms. The Balaban J connectivity index is 2.10. The summed E-state index contributed by atoms with van der Waals surface area (Å²) in [6.07, 6.45) is 0. The molecular weight excluding hydrogens is 479 g/mol. The number of thiocarbonyl (C=S) groups is 1. The third-order valence-corrected chi connectivity index (χ3v) is 4.85. The van der Waals surface area contributed by atoms with Gasteiger partial charge in [-0.25, -0.2) is 0 Å². The molecule has 0 aliphatic carbocycles. The molecule has 0 bridgehead atoms. The van der Waals surface area contributed by atoms with E-state index in [-0.39, 0.29) is 11.0 Å². The molecule has 2 aromatic rings. The number of carbonyl (C=O) groups excluding carboxylic acids is 1. The van der Waals surface area contributed by atoms with E-state index in [1.165, 1.54) is 4.68 Å². The van der Waals surface area contributed by atoms with Gasteiger partial charge in [0.25, 0.3) is 5.91 Å². The van der Waals surface area contributed by atoms with Gasteiger partial charge >= 0.3 is 0 Å². The lowest BCUT2D eigenvalue weighted by Gasteiger charge is -2.12. The second-order valence-corrected chi connectivity index (χ2v) is 7.19. The van der Waals surface area contributed by atoms with Crippen LogP contribution < -0.4 is 10.6 Å². The molecule has 0 aliphatic rings. The highest BCUT2D eigenvalue weighted by molar-refractivity contribution is 14.1. The lowest BCUT2D eigenvalue weighted by atomic mass is 10.2. The maximum absolute atomic E-state index is 12.3. The van der Waals surface area contributed by atoms with Crippen LogP contribution in [-0.4, -0.2) is 20.8 Å². The number of aryl methyl sites for hydroxylation is 3. The first-order valence-corrected chi connectivity index (χ1v) is 8.65. The van der Waals surface area contributed by atoms with Crippen molar-refractivity contribution in [1.29, 1.82) is 0 Å². The molecule has 0 spiro atoms. The minimum atomic E-state index is -0.310. The van der Waals surface area contributed by atoms with E-state index >= 15 is 0 Å². The summed E-state index contributed by atoms with van der Waals surface area (Å²) in [4.78, 5) is 12.3. The Kier molecular flexibility index (Phi) is 5.56. The van der Waals surface area contributed by atoms with Crippen molar-refractivity contribution >= 4 is 67.4 Å². The molecule has 8 heteroatoms. The van der Waals surface area contributed by atoms with E-state index in [9.17, 15) is 4.79 Å². The summed E-state index contributed by atoms with van der Waals surface area (Å²) >= 11 is 10.8. The zero-order valence-electron chi connectivity index (χ0n) is 12.2. The van der Waals surface area contributed by atoms with Gasteiger partial charge in [0.15, 0.2) is 5.11 Å². The summed E-state index contributed by atoms with van der Waals surface area (Å²) < 4.78 is 3.33. The molecule has 0 aliphatic heterocycles. The zero-order chi connectivity index (χ0) is 16.4. The lowest BCUT2D eigenvalue weighted by molar-refractivity contribution is 0.0968. The van der Waals surface area contributed by atoms with Crippen LogP contribution in [0, 0.1) is 17.4 Å². The zero-order valence-corrected chi connectivity index (χ0v) is 16.8. The molecular formula is C14H14BrIN4OS. The third kappa shape index (κ3) is 3.85. The van der Waals surface area contributed by atoms with E-state index < -0.39 is 0 Å². The van der Waals surface area contributed by atoms with Crippen LogP contribution in [0.25, 0.3) is 0 Å². The fourth-order valence-electron chi connectivity index (χ4n) is 1.96. The van der Waals surface area contributed by atoms with E-state index in [1.54, 1.807) is 7.05 Å². The van der Waals surface area contributed by atoms with Crippen LogP contribution >= 0.6 is 50.7 Å². The highest BCUT2D eigenvalue weighted by atomic mass is 127. The smallest absolute Gasteiger partial charge is 0.276 e. The molecule has 5 nitrogen and oxygen atoms in total. The fraction of sp³-hybridized carbons (Fsp3) is 0.214. The van der Waals surface area contributed by atoms with Crippen molar-refractivity contribution in [3.05, 3.63) is 43.2 Å².